The Morgan fingerprint density at radius 2 is 1.76 bits per heavy atom. The summed E-state index contributed by atoms with van der Waals surface area (Å²) in [4.78, 5) is 40.2. The molecule has 3 unspecified atom stereocenters. The van der Waals surface area contributed by atoms with Crippen LogP contribution in [0.25, 0.3) is 0 Å². The van der Waals surface area contributed by atoms with Crippen molar-refractivity contribution in [2.24, 2.45) is 16.7 Å². The van der Waals surface area contributed by atoms with E-state index in [2.05, 4.69) is 26.1 Å². The van der Waals surface area contributed by atoms with E-state index in [0.717, 1.165) is 31.4 Å². The number of benzene rings is 1. The van der Waals surface area contributed by atoms with Crippen molar-refractivity contribution in [3.05, 3.63) is 17.7 Å². The Kier molecular flexibility index (Phi) is 5.94. The lowest BCUT2D eigenvalue weighted by Gasteiger charge is -2.39. The van der Waals surface area contributed by atoms with Gasteiger partial charge in [0.05, 0.1) is 0 Å². The van der Waals surface area contributed by atoms with Gasteiger partial charge in [0.15, 0.2) is 17.2 Å². The molecule has 2 bridgehead atoms. The molecule has 5 atom stereocenters. The van der Waals surface area contributed by atoms with E-state index in [1.54, 1.807) is 0 Å². The maximum Gasteiger partial charge on any atom is 0.329 e. The van der Waals surface area contributed by atoms with Gasteiger partial charge in [0.1, 0.15) is 18.2 Å². The fourth-order valence-electron chi connectivity index (χ4n) is 6.13. The van der Waals surface area contributed by atoms with Gasteiger partial charge < -0.3 is 30.3 Å². The van der Waals surface area contributed by atoms with E-state index in [-0.39, 0.29) is 28.5 Å². The maximum absolute atomic E-state index is 13.1. The summed E-state index contributed by atoms with van der Waals surface area (Å²) in [5.41, 5.74) is -0.0700. The summed E-state index contributed by atoms with van der Waals surface area (Å²) < 4.78 is 6.02. The summed E-state index contributed by atoms with van der Waals surface area (Å²) in [6.45, 7) is 8.62. The molecule has 2 aliphatic carbocycles. The number of carbonyl (C=O) groups excluding carboxylic acids is 3. The number of phenolic OH excluding ortho intramolecular Hbond substituents is 3. The number of likely N-dealkylation sites (tertiary alicyclic amines) is 1. The lowest BCUT2D eigenvalue weighted by atomic mass is 9.70. The zero-order valence-electron chi connectivity index (χ0n) is 20.1. The first-order valence-corrected chi connectivity index (χ1v) is 11.9. The predicted octanol–water partition coefficient (Wildman–Crippen LogP) is 2.67. The highest BCUT2D eigenvalue weighted by Gasteiger charge is 2.63. The Bertz CT molecular complexity index is 1000. The second kappa shape index (κ2) is 8.36. The topological polar surface area (TPSA) is 136 Å². The van der Waals surface area contributed by atoms with Crippen molar-refractivity contribution in [1.29, 1.82) is 0 Å². The van der Waals surface area contributed by atoms with Crippen LogP contribution in [0.4, 0.5) is 0 Å². The molecule has 186 valence electrons. The van der Waals surface area contributed by atoms with Crippen molar-refractivity contribution in [1.82, 2.24) is 10.2 Å². The predicted molar refractivity (Wildman–Crippen MR) is 122 cm³/mol. The number of nitrogens with zero attached hydrogens (tertiary/aromatic N) is 1. The molecule has 1 saturated heterocycles. The van der Waals surface area contributed by atoms with Crippen molar-refractivity contribution < 1.29 is 34.4 Å². The molecule has 1 aliphatic heterocycles. The number of fused-ring (bicyclic) bond motifs is 2. The summed E-state index contributed by atoms with van der Waals surface area (Å²) >= 11 is 0. The average molecular weight is 475 g/mol. The summed E-state index contributed by atoms with van der Waals surface area (Å²) in [6, 6.07) is 0.363. The van der Waals surface area contributed by atoms with Gasteiger partial charge in [-0.25, -0.2) is 4.79 Å². The quantitative estimate of drug-likeness (QED) is 0.380. The summed E-state index contributed by atoms with van der Waals surface area (Å²) in [5.74, 6) is -2.99. The summed E-state index contributed by atoms with van der Waals surface area (Å²) in [5, 5.41) is 31.2. The normalized spacial score (nSPS) is 30.2. The van der Waals surface area contributed by atoms with Gasteiger partial charge in [-0.2, -0.15) is 0 Å². The molecular formula is C25H34N2O7. The minimum Gasteiger partial charge on any atom is -0.504 e. The average Bonchev–Trinajstić information content (AvgIpc) is 3.40. The number of aromatic hydroxyl groups is 3. The third kappa shape index (κ3) is 3.75. The zero-order chi connectivity index (χ0) is 25.0. The first kappa shape index (κ1) is 24.2. The van der Waals surface area contributed by atoms with Crippen LogP contribution in [-0.4, -0.2) is 62.7 Å². The molecule has 1 heterocycles. The molecule has 1 aromatic rings. The highest BCUT2D eigenvalue weighted by molar-refractivity contribution is 5.99. The molecule has 4 N–H and O–H groups in total. The van der Waals surface area contributed by atoms with Crippen LogP contribution in [0.3, 0.4) is 0 Å². The fraction of sp³-hybridized carbons (Fsp3) is 0.640. The first-order chi connectivity index (χ1) is 15.9. The highest BCUT2D eigenvalue weighted by Crippen LogP contribution is 2.66. The summed E-state index contributed by atoms with van der Waals surface area (Å²) in [7, 11) is 0. The van der Waals surface area contributed by atoms with Crippen LogP contribution in [0.5, 0.6) is 17.2 Å². The lowest BCUT2D eigenvalue weighted by molar-refractivity contribution is -0.165. The van der Waals surface area contributed by atoms with Gasteiger partial charge in [-0.1, -0.05) is 20.8 Å². The van der Waals surface area contributed by atoms with E-state index < -0.39 is 41.1 Å². The van der Waals surface area contributed by atoms with Gasteiger partial charge in [0, 0.05) is 17.5 Å². The Balaban J connectivity index is 1.40. The molecule has 4 rings (SSSR count). The number of esters is 1. The van der Waals surface area contributed by atoms with Gasteiger partial charge in [-0.05, 0) is 62.5 Å². The van der Waals surface area contributed by atoms with E-state index >= 15 is 0 Å². The molecule has 2 amide bonds. The van der Waals surface area contributed by atoms with Crippen LogP contribution in [0.15, 0.2) is 12.1 Å². The van der Waals surface area contributed by atoms with Crippen LogP contribution in [0, 0.1) is 16.7 Å². The van der Waals surface area contributed by atoms with Gasteiger partial charge in [0.2, 0.25) is 5.91 Å². The number of amides is 2. The molecule has 3 fully saturated rings. The van der Waals surface area contributed by atoms with E-state index in [9.17, 15) is 29.7 Å². The van der Waals surface area contributed by atoms with Crippen molar-refractivity contribution in [2.75, 3.05) is 6.54 Å². The SMILES string of the molecule is C[C@H](NC(=O)c1cc(O)c(O)c(O)c1)C(=O)N1CCC[C@H]1C(=O)OC1CC2CCC1(C)C2(C)C. The van der Waals surface area contributed by atoms with Crippen LogP contribution in [-0.2, 0) is 14.3 Å². The molecule has 3 aliphatic rings. The lowest BCUT2D eigenvalue weighted by Crippen LogP contribution is -2.51. The number of ether oxygens (including phenoxy) is 1. The Labute approximate surface area is 199 Å². The van der Waals surface area contributed by atoms with Crippen molar-refractivity contribution >= 4 is 17.8 Å². The Morgan fingerprint density at radius 3 is 2.32 bits per heavy atom. The first-order valence-electron chi connectivity index (χ1n) is 11.9. The third-order valence-corrected chi connectivity index (χ3v) is 8.83. The maximum atomic E-state index is 13.1. The van der Waals surface area contributed by atoms with Gasteiger partial charge in [-0.15, -0.1) is 0 Å². The molecule has 1 aromatic carbocycles. The highest BCUT2D eigenvalue weighted by atomic mass is 16.5. The Hall–Kier alpha value is -2.97. The van der Waals surface area contributed by atoms with Crippen molar-refractivity contribution in [2.45, 2.75) is 78.0 Å². The van der Waals surface area contributed by atoms with E-state index in [1.165, 1.54) is 11.8 Å². The molecule has 0 spiro atoms. The van der Waals surface area contributed by atoms with E-state index in [4.69, 9.17) is 4.74 Å². The zero-order valence-corrected chi connectivity index (χ0v) is 20.1. The Morgan fingerprint density at radius 1 is 1.12 bits per heavy atom. The second-order valence-electron chi connectivity index (χ2n) is 10.8. The standard InChI is InChI=1S/C25H34N2O7/c1-13(26-21(31)14-10-17(28)20(30)18(29)11-14)22(32)27-9-5-6-16(27)23(33)34-19-12-15-7-8-25(19,4)24(15,2)3/h10-11,13,15-16,19,28-30H,5-9,12H2,1-4H3,(H,26,31)/t13-,15?,16-,19?,25?/m0/s1. The van der Waals surface area contributed by atoms with Gasteiger partial charge >= 0.3 is 5.97 Å². The van der Waals surface area contributed by atoms with Crippen molar-refractivity contribution in [3.63, 3.8) is 0 Å². The molecule has 34 heavy (non-hydrogen) atoms. The van der Waals surface area contributed by atoms with Crippen LogP contribution >= 0.6 is 0 Å². The number of nitrogens with one attached hydrogen (secondary N) is 1. The van der Waals surface area contributed by atoms with E-state index in [0.29, 0.717) is 25.3 Å². The third-order valence-electron chi connectivity index (χ3n) is 8.83. The number of rotatable bonds is 5. The van der Waals surface area contributed by atoms with Crippen LogP contribution in [0.2, 0.25) is 0 Å². The van der Waals surface area contributed by atoms with E-state index in [1.807, 2.05) is 0 Å². The number of hydrogen-bond donors (Lipinski definition) is 4. The van der Waals surface area contributed by atoms with Gasteiger partial charge in [0.25, 0.3) is 5.91 Å². The molecule has 0 aromatic heterocycles. The summed E-state index contributed by atoms with van der Waals surface area (Å²) in [6.07, 6.45) is 4.07. The number of carbonyl (C=O) groups is 3. The minimum absolute atomic E-state index is 0.0662. The fourth-order valence-corrected chi connectivity index (χ4v) is 6.13. The smallest absolute Gasteiger partial charge is 0.329 e. The molecule has 0 radical (unpaired) electrons. The largest absolute Gasteiger partial charge is 0.504 e. The number of hydrogen-bond acceptors (Lipinski definition) is 7. The minimum atomic E-state index is -0.946. The van der Waals surface area contributed by atoms with Crippen LogP contribution in [0.1, 0.15) is 70.2 Å². The molecule has 2 saturated carbocycles. The molecular weight excluding hydrogens is 440 g/mol. The van der Waals surface area contributed by atoms with Crippen molar-refractivity contribution in [3.8, 4) is 17.2 Å². The molecule has 9 heteroatoms. The second-order valence-corrected chi connectivity index (χ2v) is 10.8. The van der Waals surface area contributed by atoms with Crippen LogP contribution < -0.4 is 5.32 Å². The number of phenols is 3. The molecule has 9 nitrogen and oxygen atoms in total. The monoisotopic (exact) mass is 474 g/mol. The van der Waals surface area contributed by atoms with Gasteiger partial charge in [-0.3, -0.25) is 9.59 Å².